The van der Waals surface area contributed by atoms with E-state index in [-0.39, 0.29) is 5.91 Å². The van der Waals surface area contributed by atoms with Crippen molar-refractivity contribution in [3.63, 3.8) is 0 Å². The van der Waals surface area contributed by atoms with Gasteiger partial charge in [-0.2, -0.15) is 0 Å². The van der Waals surface area contributed by atoms with E-state index in [1.807, 2.05) is 19.9 Å². The van der Waals surface area contributed by atoms with E-state index in [2.05, 4.69) is 10.2 Å². The van der Waals surface area contributed by atoms with Gasteiger partial charge in [-0.1, -0.05) is 6.92 Å². The molecule has 1 fully saturated rings. The van der Waals surface area contributed by atoms with E-state index in [4.69, 9.17) is 5.73 Å². The molecule has 2 rings (SSSR count). The second-order valence-electron chi connectivity index (χ2n) is 5.65. The van der Waals surface area contributed by atoms with Crippen molar-refractivity contribution in [2.75, 3.05) is 30.3 Å². The molecule has 6 heteroatoms. The largest absolute Gasteiger partial charge is 0.397 e. The molecule has 0 aliphatic carbocycles. The molecule has 0 aromatic carbocycles. The van der Waals surface area contributed by atoms with Gasteiger partial charge in [0.2, 0.25) is 0 Å². The number of β-amino-alcohol motifs (C(OH)–C–C–N with tert-alkyl or cyclic N) is 1. The number of piperidine rings is 1. The van der Waals surface area contributed by atoms with Crippen LogP contribution in [-0.4, -0.2) is 36.2 Å². The van der Waals surface area contributed by atoms with Crippen molar-refractivity contribution >= 4 is 27.9 Å². The molecule has 20 heavy (non-hydrogen) atoms. The van der Waals surface area contributed by atoms with Crippen molar-refractivity contribution in [3.05, 3.63) is 10.9 Å². The number of carbonyl (C=O) groups is 1. The van der Waals surface area contributed by atoms with Crippen LogP contribution in [0.1, 0.15) is 42.8 Å². The quantitative estimate of drug-likeness (QED) is 0.792. The molecule has 1 amide bonds. The lowest BCUT2D eigenvalue weighted by Crippen LogP contribution is -2.45. The average Bonchev–Trinajstić information content (AvgIpc) is 2.77. The van der Waals surface area contributed by atoms with E-state index in [1.165, 1.54) is 11.3 Å². The van der Waals surface area contributed by atoms with Crippen LogP contribution in [0.2, 0.25) is 0 Å². The molecule has 112 valence electrons. The molecule has 2 heterocycles. The van der Waals surface area contributed by atoms with Gasteiger partial charge in [0.1, 0.15) is 4.88 Å². The summed E-state index contributed by atoms with van der Waals surface area (Å²) in [5.41, 5.74) is 5.80. The predicted octanol–water partition coefficient (Wildman–Crippen LogP) is 1.82. The minimum Gasteiger partial charge on any atom is -0.397 e. The van der Waals surface area contributed by atoms with Crippen molar-refractivity contribution in [2.45, 2.75) is 38.7 Å². The number of nitrogens with two attached hydrogens (primary N) is 1. The molecular weight excluding hydrogens is 274 g/mol. The van der Waals surface area contributed by atoms with Crippen molar-refractivity contribution in [3.8, 4) is 0 Å². The van der Waals surface area contributed by atoms with Crippen LogP contribution in [0.25, 0.3) is 0 Å². The Kier molecular flexibility index (Phi) is 4.55. The fourth-order valence-electron chi connectivity index (χ4n) is 2.45. The summed E-state index contributed by atoms with van der Waals surface area (Å²) < 4.78 is 0. The molecule has 1 aliphatic rings. The lowest BCUT2D eigenvalue weighted by Gasteiger charge is -2.37. The van der Waals surface area contributed by atoms with Gasteiger partial charge in [-0.15, -0.1) is 11.3 Å². The monoisotopic (exact) mass is 297 g/mol. The number of rotatable bonds is 4. The minimum absolute atomic E-state index is 0.107. The summed E-state index contributed by atoms with van der Waals surface area (Å²) in [6, 6.07) is 1.84. The van der Waals surface area contributed by atoms with E-state index < -0.39 is 5.60 Å². The molecule has 0 saturated carbocycles. The zero-order valence-corrected chi connectivity index (χ0v) is 12.9. The number of nitrogen functional groups attached to an aromatic ring is 1. The summed E-state index contributed by atoms with van der Waals surface area (Å²) in [5.74, 6) is -0.107. The molecule has 1 aliphatic heterocycles. The highest BCUT2D eigenvalue weighted by molar-refractivity contribution is 7.18. The normalized spacial score (nSPS) is 22.9. The molecule has 0 spiro atoms. The van der Waals surface area contributed by atoms with Crippen LogP contribution < -0.4 is 16.0 Å². The SMILES string of the molecule is CCCNC(=O)c1sc(N2CCCC(C)(O)C2)cc1N. The third-order valence-corrected chi connectivity index (χ3v) is 4.69. The van der Waals surface area contributed by atoms with Gasteiger partial charge in [0.25, 0.3) is 5.91 Å². The first kappa shape index (κ1) is 15.1. The van der Waals surface area contributed by atoms with Crippen molar-refractivity contribution in [1.82, 2.24) is 5.32 Å². The second-order valence-corrected chi connectivity index (χ2v) is 6.68. The van der Waals surface area contributed by atoms with Gasteiger partial charge in [-0.05, 0) is 32.3 Å². The van der Waals surface area contributed by atoms with Crippen LogP contribution in [0.4, 0.5) is 10.7 Å². The summed E-state index contributed by atoms with van der Waals surface area (Å²) in [6.45, 7) is 6.00. The molecular formula is C14H23N3O2S. The van der Waals surface area contributed by atoms with Crippen molar-refractivity contribution in [2.24, 2.45) is 0 Å². The summed E-state index contributed by atoms with van der Waals surface area (Å²) in [6.07, 6.45) is 2.66. The van der Waals surface area contributed by atoms with E-state index in [1.54, 1.807) is 0 Å². The molecule has 1 atom stereocenters. The first-order chi connectivity index (χ1) is 9.43. The molecule has 1 saturated heterocycles. The Morgan fingerprint density at radius 1 is 1.65 bits per heavy atom. The summed E-state index contributed by atoms with van der Waals surface area (Å²) in [7, 11) is 0. The standard InChI is InChI=1S/C14H23N3O2S/c1-3-6-16-13(18)12-10(15)8-11(20-12)17-7-4-5-14(2,19)9-17/h8,19H,3-7,9,15H2,1-2H3,(H,16,18). The van der Waals surface area contributed by atoms with Crippen LogP contribution in [-0.2, 0) is 0 Å². The third-order valence-electron chi connectivity index (χ3n) is 3.48. The third kappa shape index (κ3) is 3.43. The molecule has 0 bridgehead atoms. The van der Waals surface area contributed by atoms with Gasteiger partial charge in [0.05, 0.1) is 16.3 Å². The van der Waals surface area contributed by atoms with E-state index >= 15 is 0 Å². The smallest absolute Gasteiger partial charge is 0.263 e. The zero-order valence-electron chi connectivity index (χ0n) is 12.1. The second kappa shape index (κ2) is 6.01. The lowest BCUT2D eigenvalue weighted by atomic mass is 9.95. The highest BCUT2D eigenvalue weighted by atomic mass is 32.1. The van der Waals surface area contributed by atoms with Gasteiger partial charge in [-0.3, -0.25) is 4.79 Å². The average molecular weight is 297 g/mol. The molecule has 4 N–H and O–H groups in total. The molecule has 0 radical (unpaired) electrons. The summed E-state index contributed by atoms with van der Waals surface area (Å²) in [5, 5.41) is 14.0. The van der Waals surface area contributed by atoms with Crippen LogP contribution in [0, 0.1) is 0 Å². The maximum Gasteiger partial charge on any atom is 0.263 e. The number of hydrogen-bond acceptors (Lipinski definition) is 5. The lowest BCUT2D eigenvalue weighted by molar-refractivity contribution is 0.0451. The van der Waals surface area contributed by atoms with Crippen LogP contribution in [0.3, 0.4) is 0 Å². The Hall–Kier alpha value is -1.27. The number of aliphatic hydroxyl groups is 1. The van der Waals surface area contributed by atoms with Crippen LogP contribution in [0.5, 0.6) is 0 Å². The van der Waals surface area contributed by atoms with Crippen LogP contribution in [0.15, 0.2) is 6.07 Å². The van der Waals surface area contributed by atoms with Gasteiger partial charge in [0.15, 0.2) is 0 Å². The maximum atomic E-state index is 12.0. The Morgan fingerprint density at radius 2 is 2.40 bits per heavy atom. The topological polar surface area (TPSA) is 78.6 Å². The Morgan fingerprint density at radius 3 is 3.05 bits per heavy atom. The molecule has 1 unspecified atom stereocenters. The summed E-state index contributed by atoms with van der Waals surface area (Å²) in [4.78, 5) is 14.7. The predicted molar refractivity (Wildman–Crippen MR) is 83.4 cm³/mol. The number of nitrogens with zero attached hydrogens (tertiary/aromatic N) is 1. The zero-order chi connectivity index (χ0) is 14.8. The summed E-state index contributed by atoms with van der Waals surface area (Å²) >= 11 is 1.40. The minimum atomic E-state index is -0.665. The Labute approximate surface area is 123 Å². The van der Waals surface area contributed by atoms with E-state index in [9.17, 15) is 9.90 Å². The highest BCUT2D eigenvalue weighted by Gasteiger charge is 2.30. The molecule has 5 nitrogen and oxygen atoms in total. The first-order valence-electron chi connectivity index (χ1n) is 7.08. The molecule has 1 aromatic heterocycles. The van der Waals surface area contributed by atoms with Gasteiger partial charge >= 0.3 is 0 Å². The number of anilines is 2. The number of amides is 1. The van der Waals surface area contributed by atoms with Gasteiger partial charge in [-0.25, -0.2) is 0 Å². The number of carbonyl (C=O) groups excluding carboxylic acids is 1. The molecule has 1 aromatic rings. The van der Waals surface area contributed by atoms with Crippen molar-refractivity contribution in [1.29, 1.82) is 0 Å². The Bertz CT molecular complexity index is 485. The fraction of sp³-hybridized carbons (Fsp3) is 0.643. The Balaban J connectivity index is 2.12. The fourth-order valence-corrected chi connectivity index (χ4v) is 3.47. The van der Waals surface area contributed by atoms with Crippen LogP contribution >= 0.6 is 11.3 Å². The highest BCUT2D eigenvalue weighted by Crippen LogP contribution is 2.35. The van der Waals surface area contributed by atoms with Crippen molar-refractivity contribution < 1.29 is 9.90 Å². The number of nitrogens with one attached hydrogen (secondary N) is 1. The van der Waals surface area contributed by atoms with E-state index in [0.717, 1.165) is 30.8 Å². The van der Waals surface area contributed by atoms with Gasteiger partial charge < -0.3 is 21.1 Å². The van der Waals surface area contributed by atoms with Gasteiger partial charge in [0, 0.05) is 19.6 Å². The first-order valence-corrected chi connectivity index (χ1v) is 7.89. The maximum absolute atomic E-state index is 12.0. The number of hydrogen-bond donors (Lipinski definition) is 3. The number of thiophene rings is 1. The van der Waals surface area contributed by atoms with E-state index in [0.29, 0.717) is 23.7 Å².